The zero-order valence-corrected chi connectivity index (χ0v) is 21.8. The Morgan fingerprint density at radius 3 is 2.34 bits per heavy atom. The summed E-state index contributed by atoms with van der Waals surface area (Å²) in [4.78, 5) is 28.0. The van der Waals surface area contributed by atoms with Gasteiger partial charge < -0.3 is 19.7 Å². The van der Waals surface area contributed by atoms with E-state index in [0.29, 0.717) is 18.0 Å². The van der Waals surface area contributed by atoms with E-state index in [1.165, 1.54) is 12.0 Å². The summed E-state index contributed by atoms with van der Waals surface area (Å²) in [6.45, 7) is 8.41. The Morgan fingerprint density at radius 1 is 1.03 bits per heavy atom. The molecule has 1 aliphatic rings. The van der Waals surface area contributed by atoms with Gasteiger partial charge in [-0.2, -0.15) is 0 Å². The number of nitrogens with zero attached hydrogens (tertiary/aromatic N) is 1. The van der Waals surface area contributed by atoms with Crippen LogP contribution < -0.4 is 14.8 Å². The minimum atomic E-state index is -0.623. The summed E-state index contributed by atoms with van der Waals surface area (Å²) < 4.78 is 11.2. The summed E-state index contributed by atoms with van der Waals surface area (Å²) in [5, 5.41) is 3.16. The van der Waals surface area contributed by atoms with E-state index in [-0.39, 0.29) is 29.9 Å². The van der Waals surface area contributed by atoms with Crippen LogP contribution in [0.2, 0.25) is 0 Å². The number of rotatable bonds is 9. The summed E-state index contributed by atoms with van der Waals surface area (Å²) in [6.07, 6.45) is 5.48. The first-order chi connectivity index (χ1) is 16.7. The molecule has 190 valence electrons. The Morgan fingerprint density at radius 2 is 1.71 bits per heavy atom. The van der Waals surface area contributed by atoms with Gasteiger partial charge in [-0.1, -0.05) is 64.3 Å². The van der Waals surface area contributed by atoms with Gasteiger partial charge in [0.2, 0.25) is 5.91 Å². The third-order valence-electron chi connectivity index (χ3n) is 6.69. The van der Waals surface area contributed by atoms with E-state index in [1.807, 2.05) is 48.5 Å². The van der Waals surface area contributed by atoms with E-state index in [2.05, 4.69) is 26.1 Å². The molecule has 2 aromatic carbocycles. The molecule has 0 aliphatic heterocycles. The third-order valence-corrected chi connectivity index (χ3v) is 6.69. The number of benzene rings is 2. The van der Waals surface area contributed by atoms with Crippen LogP contribution in [-0.2, 0) is 21.5 Å². The van der Waals surface area contributed by atoms with Crippen LogP contribution in [0.15, 0.2) is 48.5 Å². The smallest absolute Gasteiger partial charge is 0.261 e. The maximum absolute atomic E-state index is 13.3. The van der Waals surface area contributed by atoms with Crippen LogP contribution in [0.3, 0.4) is 0 Å². The number of carbonyl (C=O) groups excluding carboxylic acids is 2. The highest BCUT2D eigenvalue weighted by molar-refractivity contribution is 5.88. The van der Waals surface area contributed by atoms with Crippen LogP contribution in [0.1, 0.15) is 70.9 Å². The second-order valence-electron chi connectivity index (χ2n) is 10.5. The molecule has 2 amide bonds. The molecule has 6 nitrogen and oxygen atoms in total. The Balaban J connectivity index is 1.71. The molecule has 1 aliphatic carbocycles. The maximum atomic E-state index is 13.3. The SMILES string of the molecule is COc1cccc(CN(C(=O)COc2ccc(C(C)(C)C)cc2)[C@H](C)C(=O)NC2CCCCC2)c1. The highest BCUT2D eigenvalue weighted by Gasteiger charge is 2.28. The number of hydrogen-bond acceptors (Lipinski definition) is 4. The summed E-state index contributed by atoms with van der Waals surface area (Å²) in [5.74, 6) is 0.984. The fraction of sp³-hybridized carbons (Fsp3) is 0.517. The summed E-state index contributed by atoms with van der Waals surface area (Å²) in [5.41, 5.74) is 2.14. The number of hydrogen-bond donors (Lipinski definition) is 1. The number of ether oxygens (including phenoxy) is 2. The number of nitrogens with one attached hydrogen (secondary N) is 1. The molecule has 0 saturated heterocycles. The lowest BCUT2D eigenvalue weighted by atomic mass is 9.87. The van der Waals surface area contributed by atoms with Crippen molar-refractivity contribution in [1.29, 1.82) is 0 Å². The molecule has 0 spiro atoms. The van der Waals surface area contributed by atoms with Gasteiger partial charge >= 0.3 is 0 Å². The van der Waals surface area contributed by atoms with Gasteiger partial charge in [0.05, 0.1) is 7.11 Å². The summed E-state index contributed by atoms with van der Waals surface area (Å²) >= 11 is 0. The van der Waals surface area contributed by atoms with Crippen LogP contribution in [0.5, 0.6) is 11.5 Å². The maximum Gasteiger partial charge on any atom is 0.261 e. The lowest BCUT2D eigenvalue weighted by Crippen LogP contribution is -2.51. The second kappa shape index (κ2) is 12.1. The van der Waals surface area contributed by atoms with Gasteiger partial charge in [0.25, 0.3) is 5.91 Å². The molecule has 2 aromatic rings. The van der Waals surface area contributed by atoms with Gasteiger partial charge in [-0.3, -0.25) is 9.59 Å². The molecule has 1 atom stereocenters. The normalized spacial score (nSPS) is 15.2. The predicted octanol–water partition coefficient (Wildman–Crippen LogP) is 5.24. The Labute approximate surface area is 210 Å². The summed E-state index contributed by atoms with van der Waals surface area (Å²) in [6, 6.07) is 14.9. The van der Waals surface area contributed by atoms with Crippen molar-refractivity contribution >= 4 is 11.8 Å². The van der Waals surface area contributed by atoms with E-state index < -0.39 is 6.04 Å². The van der Waals surface area contributed by atoms with Crippen molar-refractivity contribution in [3.63, 3.8) is 0 Å². The zero-order valence-electron chi connectivity index (χ0n) is 21.8. The van der Waals surface area contributed by atoms with E-state index in [9.17, 15) is 9.59 Å². The molecule has 6 heteroatoms. The molecule has 0 radical (unpaired) electrons. The first kappa shape index (κ1) is 26.6. The quantitative estimate of drug-likeness (QED) is 0.533. The fourth-order valence-electron chi connectivity index (χ4n) is 4.40. The van der Waals surface area contributed by atoms with Gasteiger partial charge in [0, 0.05) is 12.6 Å². The van der Waals surface area contributed by atoms with Crippen LogP contribution in [0.25, 0.3) is 0 Å². The second-order valence-corrected chi connectivity index (χ2v) is 10.5. The molecular formula is C29H40N2O4. The molecule has 1 fully saturated rings. The van der Waals surface area contributed by atoms with Crippen molar-refractivity contribution in [1.82, 2.24) is 10.2 Å². The van der Waals surface area contributed by atoms with Crippen molar-refractivity contribution in [2.75, 3.05) is 13.7 Å². The van der Waals surface area contributed by atoms with Crippen LogP contribution in [-0.4, -0.2) is 42.5 Å². The van der Waals surface area contributed by atoms with Crippen molar-refractivity contribution in [2.24, 2.45) is 0 Å². The number of amides is 2. The average Bonchev–Trinajstić information content (AvgIpc) is 2.86. The van der Waals surface area contributed by atoms with Crippen molar-refractivity contribution in [2.45, 2.75) is 83.8 Å². The van der Waals surface area contributed by atoms with Gasteiger partial charge in [-0.15, -0.1) is 0 Å². The minimum Gasteiger partial charge on any atom is -0.497 e. The number of carbonyl (C=O) groups is 2. The van der Waals surface area contributed by atoms with Gasteiger partial charge in [0.1, 0.15) is 17.5 Å². The molecule has 35 heavy (non-hydrogen) atoms. The van der Waals surface area contributed by atoms with Gasteiger partial charge in [-0.25, -0.2) is 0 Å². The standard InChI is InChI=1S/C29H40N2O4/c1-21(28(33)30-24-11-7-6-8-12-24)31(19-22-10-9-13-26(18-22)34-5)27(32)20-35-25-16-14-23(15-17-25)29(2,3)4/h9-10,13-18,21,24H,6-8,11-12,19-20H2,1-5H3,(H,30,33)/t21-/m1/s1. The molecule has 0 unspecified atom stereocenters. The van der Waals surface area contributed by atoms with E-state index in [1.54, 1.807) is 18.9 Å². The lowest BCUT2D eigenvalue weighted by Gasteiger charge is -2.31. The highest BCUT2D eigenvalue weighted by atomic mass is 16.5. The molecule has 0 heterocycles. The van der Waals surface area contributed by atoms with E-state index in [0.717, 1.165) is 31.2 Å². The topological polar surface area (TPSA) is 67.9 Å². The molecule has 1 saturated carbocycles. The first-order valence-electron chi connectivity index (χ1n) is 12.6. The molecule has 3 rings (SSSR count). The van der Waals surface area contributed by atoms with E-state index >= 15 is 0 Å². The molecular weight excluding hydrogens is 440 g/mol. The van der Waals surface area contributed by atoms with Gasteiger partial charge in [-0.05, 0) is 60.6 Å². The Hall–Kier alpha value is -3.02. The Kier molecular flexibility index (Phi) is 9.19. The van der Waals surface area contributed by atoms with Gasteiger partial charge in [0.15, 0.2) is 6.61 Å². The average molecular weight is 481 g/mol. The molecule has 0 bridgehead atoms. The Bertz CT molecular complexity index is 975. The molecule has 0 aromatic heterocycles. The monoisotopic (exact) mass is 480 g/mol. The van der Waals surface area contributed by atoms with E-state index in [4.69, 9.17) is 9.47 Å². The number of methoxy groups -OCH3 is 1. The first-order valence-corrected chi connectivity index (χ1v) is 12.6. The predicted molar refractivity (Wildman–Crippen MR) is 139 cm³/mol. The van der Waals surface area contributed by atoms with Crippen LogP contribution in [0, 0.1) is 0 Å². The van der Waals surface area contributed by atoms with Crippen LogP contribution >= 0.6 is 0 Å². The van der Waals surface area contributed by atoms with Crippen molar-refractivity contribution < 1.29 is 19.1 Å². The zero-order chi connectivity index (χ0) is 25.4. The largest absolute Gasteiger partial charge is 0.497 e. The fourth-order valence-corrected chi connectivity index (χ4v) is 4.40. The highest BCUT2D eigenvalue weighted by Crippen LogP contribution is 2.24. The third kappa shape index (κ3) is 7.74. The van der Waals surface area contributed by atoms with Crippen molar-refractivity contribution in [3.05, 3.63) is 59.7 Å². The lowest BCUT2D eigenvalue weighted by molar-refractivity contribution is -0.142. The van der Waals surface area contributed by atoms with Crippen molar-refractivity contribution in [3.8, 4) is 11.5 Å². The molecule has 1 N–H and O–H groups in total. The summed E-state index contributed by atoms with van der Waals surface area (Å²) in [7, 11) is 1.61. The minimum absolute atomic E-state index is 0.0447. The van der Waals surface area contributed by atoms with Crippen LogP contribution in [0.4, 0.5) is 0 Å².